The van der Waals surface area contributed by atoms with E-state index >= 15 is 0 Å². The normalized spacial score (nSPS) is 14.3. The fourth-order valence-electron chi connectivity index (χ4n) is 6.20. The van der Waals surface area contributed by atoms with E-state index in [4.69, 9.17) is 9.47 Å². The predicted molar refractivity (Wildman–Crippen MR) is 181 cm³/mol. The SMILES string of the molecule is CCC(C(=O)NC1CCCCC1)N(Cc1cccc(C)c1)C(=O)CN(c1cc(C)cc(C)c1)S(=O)(=O)c1ccc(OC)c(OC)c1. The highest BCUT2D eigenvalue weighted by Crippen LogP contribution is 2.33. The average Bonchev–Trinajstić information content (AvgIpc) is 3.03. The Morgan fingerprint density at radius 1 is 0.870 bits per heavy atom. The number of hydrogen-bond acceptors (Lipinski definition) is 6. The van der Waals surface area contributed by atoms with Crippen LogP contribution in [-0.4, -0.2) is 58.0 Å². The van der Waals surface area contributed by atoms with Gasteiger partial charge in [-0.2, -0.15) is 0 Å². The van der Waals surface area contributed by atoms with Crippen molar-refractivity contribution in [1.82, 2.24) is 10.2 Å². The molecule has 0 aliphatic heterocycles. The van der Waals surface area contributed by atoms with Crippen LogP contribution in [0.2, 0.25) is 0 Å². The molecule has 1 atom stereocenters. The molecule has 4 rings (SSSR count). The van der Waals surface area contributed by atoms with E-state index < -0.39 is 28.5 Å². The van der Waals surface area contributed by atoms with Crippen LogP contribution in [0.25, 0.3) is 0 Å². The number of rotatable bonds is 13. The number of ether oxygens (including phenoxy) is 2. The van der Waals surface area contributed by atoms with Crippen LogP contribution in [0.15, 0.2) is 65.6 Å². The highest BCUT2D eigenvalue weighted by Gasteiger charge is 2.35. The summed E-state index contributed by atoms with van der Waals surface area (Å²) in [6.07, 6.45) is 5.49. The Kier molecular flexibility index (Phi) is 11.7. The first-order chi connectivity index (χ1) is 22.0. The Labute approximate surface area is 273 Å². The number of sulfonamides is 1. The Balaban J connectivity index is 1.76. The second kappa shape index (κ2) is 15.5. The Hall–Kier alpha value is -4.05. The lowest BCUT2D eigenvalue weighted by molar-refractivity contribution is -0.140. The number of carbonyl (C=O) groups excluding carboxylic acids is 2. The van der Waals surface area contributed by atoms with Gasteiger partial charge in [0.05, 0.1) is 24.8 Å². The first-order valence-corrected chi connectivity index (χ1v) is 17.4. The number of aryl methyl sites for hydroxylation is 3. The third-order valence-corrected chi connectivity index (χ3v) is 10.3. The first kappa shape index (κ1) is 34.8. The van der Waals surface area contributed by atoms with Crippen LogP contribution >= 0.6 is 0 Å². The van der Waals surface area contributed by atoms with Crippen molar-refractivity contribution < 1.29 is 27.5 Å². The molecule has 0 aromatic heterocycles. The molecule has 3 aromatic carbocycles. The van der Waals surface area contributed by atoms with E-state index in [1.165, 1.54) is 37.3 Å². The molecule has 10 heteroatoms. The zero-order chi connectivity index (χ0) is 33.4. The summed E-state index contributed by atoms with van der Waals surface area (Å²) >= 11 is 0. The second-order valence-electron chi connectivity index (χ2n) is 12.2. The van der Waals surface area contributed by atoms with Gasteiger partial charge in [0, 0.05) is 18.7 Å². The summed E-state index contributed by atoms with van der Waals surface area (Å²) < 4.78 is 40.7. The van der Waals surface area contributed by atoms with Crippen molar-refractivity contribution in [2.45, 2.75) is 89.7 Å². The second-order valence-corrected chi connectivity index (χ2v) is 14.0. The van der Waals surface area contributed by atoms with Crippen LogP contribution in [0.3, 0.4) is 0 Å². The summed E-state index contributed by atoms with van der Waals surface area (Å²) in [6.45, 7) is 7.27. The summed E-state index contributed by atoms with van der Waals surface area (Å²) in [4.78, 5) is 29.7. The lowest BCUT2D eigenvalue weighted by Gasteiger charge is -2.34. The summed E-state index contributed by atoms with van der Waals surface area (Å²) in [5.41, 5.74) is 3.95. The van der Waals surface area contributed by atoms with Gasteiger partial charge >= 0.3 is 0 Å². The highest BCUT2D eigenvalue weighted by molar-refractivity contribution is 7.92. The summed E-state index contributed by atoms with van der Waals surface area (Å²) in [6, 6.07) is 16.9. The van der Waals surface area contributed by atoms with Crippen LogP contribution in [0.5, 0.6) is 11.5 Å². The monoisotopic (exact) mass is 649 g/mol. The molecule has 1 aliphatic carbocycles. The molecule has 0 heterocycles. The molecule has 0 saturated heterocycles. The zero-order valence-electron chi connectivity index (χ0n) is 27.8. The van der Waals surface area contributed by atoms with Crippen molar-refractivity contribution in [3.63, 3.8) is 0 Å². The number of anilines is 1. The lowest BCUT2D eigenvalue weighted by atomic mass is 9.95. The van der Waals surface area contributed by atoms with E-state index in [2.05, 4.69) is 5.32 Å². The molecule has 1 unspecified atom stereocenters. The number of amides is 2. The molecule has 46 heavy (non-hydrogen) atoms. The van der Waals surface area contributed by atoms with E-state index in [0.717, 1.165) is 58.7 Å². The fourth-order valence-corrected chi connectivity index (χ4v) is 7.61. The van der Waals surface area contributed by atoms with E-state index in [1.54, 1.807) is 12.1 Å². The van der Waals surface area contributed by atoms with Gasteiger partial charge in [-0.05, 0) is 81.0 Å². The summed E-state index contributed by atoms with van der Waals surface area (Å²) in [7, 11) is -1.37. The number of hydrogen-bond donors (Lipinski definition) is 1. The third kappa shape index (κ3) is 8.40. The van der Waals surface area contributed by atoms with Crippen LogP contribution in [-0.2, 0) is 26.2 Å². The van der Waals surface area contributed by atoms with Crippen molar-refractivity contribution in [2.24, 2.45) is 0 Å². The van der Waals surface area contributed by atoms with Crippen molar-refractivity contribution in [1.29, 1.82) is 0 Å². The van der Waals surface area contributed by atoms with E-state index in [0.29, 0.717) is 17.9 Å². The number of carbonyl (C=O) groups is 2. The lowest BCUT2D eigenvalue weighted by Crippen LogP contribution is -2.54. The molecular formula is C36H47N3O6S. The maximum atomic E-state index is 14.5. The smallest absolute Gasteiger partial charge is 0.264 e. The Bertz CT molecular complexity index is 1610. The van der Waals surface area contributed by atoms with E-state index in [1.807, 2.05) is 58.0 Å². The Morgan fingerprint density at radius 2 is 1.54 bits per heavy atom. The highest BCUT2D eigenvalue weighted by atomic mass is 32.2. The molecule has 0 spiro atoms. The number of nitrogens with zero attached hydrogens (tertiary/aromatic N) is 2. The van der Waals surface area contributed by atoms with Gasteiger partial charge in [0.2, 0.25) is 11.8 Å². The molecule has 3 aromatic rings. The minimum atomic E-state index is -4.28. The van der Waals surface area contributed by atoms with Crippen molar-refractivity contribution in [2.75, 3.05) is 25.1 Å². The van der Waals surface area contributed by atoms with E-state index in [9.17, 15) is 18.0 Å². The van der Waals surface area contributed by atoms with Crippen LogP contribution in [0, 0.1) is 20.8 Å². The minimum absolute atomic E-state index is 0.0515. The average molecular weight is 650 g/mol. The van der Waals surface area contributed by atoms with Crippen molar-refractivity contribution >= 4 is 27.5 Å². The number of methoxy groups -OCH3 is 2. The number of benzene rings is 3. The van der Waals surface area contributed by atoms with Crippen molar-refractivity contribution in [3.05, 3.63) is 82.9 Å². The standard InChI is InChI=1S/C36H47N3O6S/c1-7-32(36(41)37-29-14-9-8-10-15-29)38(23-28-13-11-12-25(2)19-28)35(40)24-39(30-20-26(3)18-27(4)21-30)46(42,43)31-16-17-33(44-5)34(22-31)45-6/h11-13,16-22,29,32H,7-10,14-15,23-24H2,1-6H3,(H,37,41). The van der Waals surface area contributed by atoms with Gasteiger partial charge in [-0.3, -0.25) is 13.9 Å². The summed E-state index contributed by atoms with van der Waals surface area (Å²) in [5.74, 6) is -0.0530. The topological polar surface area (TPSA) is 105 Å². The molecule has 1 saturated carbocycles. The quantitative estimate of drug-likeness (QED) is 0.241. The maximum absolute atomic E-state index is 14.5. The van der Waals surface area contributed by atoms with Gasteiger partial charge in [0.15, 0.2) is 11.5 Å². The molecule has 1 fully saturated rings. The first-order valence-electron chi connectivity index (χ1n) is 15.9. The van der Waals surface area contributed by atoms with Gasteiger partial charge in [0.1, 0.15) is 12.6 Å². The van der Waals surface area contributed by atoms with Crippen molar-refractivity contribution in [3.8, 4) is 11.5 Å². The van der Waals surface area contributed by atoms with Gasteiger partial charge in [-0.15, -0.1) is 0 Å². The molecule has 1 aliphatic rings. The van der Waals surface area contributed by atoms with Gasteiger partial charge in [-0.1, -0.05) is 62.1 Å². The van der Waals surface area contributed by atoms with Crippen LogP contribution < -0.4 is 19.1 Å². The largest absolute Gasteiger partial charge is 0.493 e. The number of nitrogens with one attached hydrogen (secondary N) is 1. The van der Waals surface area contributed by atoms with E-state index in [-0.39, 0.29) is 29.1 Å². The molecule has 248 valence electrons. The maximum Gasteiger partial charge on any atom is 0.264 e. The van der Waals surface area contributed by atoms with Crippen LogP contribution in [0.4, 0.5) is 5.69 Å². The van der Waals surface area contributed by atoms with Gasteiger partial charge < -0.3 is 19.7 Å². The molecule has 0 radical (unpaired) electrons. The minimum Gasteiger partial charge on any atom is -0.493 e. The Morgan fingerprint density at radius 3 is 2.15 bits per heavy atom. The summed E-state index contributed by atoms with van der Waals surface area (Å²) in [5, 5.41) is 3.19. The van der Waals surface area contributed by atoms with Crippen LogP contribution in [0.1, 0.15) is 67.7 Å². The molecule has 9 nitrogen and oxygen atoms in total. The van der Waals surface area contributed by atoms with Gasteiger partial charge in [0.25, 0.3) is 10.0 Å². The molecule has 1 N–H and O–H groups in total. The molecule has 2 amide bonds. The molecule has 0 bridgehead atoms. The zero-order valence-corrected chi connectivity index (χ0v) is 28.7. The van der Waals surface area contributed by atoms with Gasteiger partial charge in [-0.25, -0.2) is 8.42 Å². The predicted octanol–water partition coefficient (Wildman–Crippen LogP) is 6.08. The fraction of sp³-hybridized carbons (Fsp3) is 0.444. The molecular weight excluding hydrogens is 602 g/mol. The third-order valence-electron chi connectivity index (χ3n) is 8.49.